The molecule has 10 nitrogen and oxygen atoms in total. The van der Waals surface area contributed by atoms with Crippen molar-refractivity contribution in [3.8, 4) is 5.75 Å². The van der Waals surface area contributed by atoms with E-state index in [1.165, 1.54) is 4.90 Å². The van der Waals surface area contributed by atoms with E-state index >= 15 is 0 Å². The first-order chi connectivity index (χ1) is 17.3. The van der Waals surface area contributed by atoms with Crippen molar-refractivity contribution in [2.24, 2.45) is 0 Å². The average Bonchev–Trinajstić information content (AvgIpc) is 3.19. The number of imide groups is 1. The van der Waals surface area contributed by atoms with Crippen LogP contribution in [0.3, 0.4) is 0 Å². The maximum atomic E-state index is 13.0. The van der Waals surface area contributed by atoms with Crippen LogP contribution in [0.5, 0.6) is 5.75 Å². The summed E-state index contributed by atoms with van der Waals surface area (Å²) in [6, 6.07) is 8.01. The second-order valence-electron chi connectivity index (χ2n) is 9.36. The Kier molecular flexibility index (Phi) is 6.34. The highest BCUT2D eigenvalue weighted by molar-refractivity contribution is 6.05. The fourth-order valence-electron chi connectivity index (χ4n) is 4.82. The Morgan fingerprint density at radius 1 is 1.19 bits per heavy atom. The number of fused-ring (bicyclic) bond motifs is 2. The first kappa shape index (κ1) is 23.8. The molecule has 0 radical (unpaired) electrons. The standard InChI is InChI=1S/C26H28N4O6/c1-14(19-7-9-22-20(28-19)4-3-11-35-22)27-26(34)36-15(2)16-5-6-17-13-30(25(33)18(17)12-16)21-8-10-23(31)29-24(21)32/h5-7,9,12,14-15,21H,3-4,8,10-11,13H2,1-2H3,(H,27,34)(H,29,31,32). The highest BCUT2D eigenvalue weighted by Crippen LogP contribution is 2.30. The molecule has 188 valence electrons. The van der Waals surface area contributed by atoms with Gasteiger partial charge in [-0.3, -0.25) is 24.7 Å². The number of hydrogen-bond donors (Lipinski definition) is 2. The maximum Gasteiger partial charge on any atom is 0.408 e. The van der Waals surface area contributed by atoms with E-state index < -0.39 is 24.1 Å². The smallest absolute Gasteiger partial charge is 0.408 e. The molecule has 2 aromatic rings. The molecule has 3 aliphatic heterocycles. The summed E-state index contributed by atoms with van der Waals surface area (Å²) in [7, 11) is 0. The summed E-state index contributed by atoms with van der Waals surface area (Å²) >= 11 is 0. The van der Waals surface area contributed by atoms with Crippen molar-refractivity contribution in [1.29, 1.82) is 0 Å². The number of aromatic nitrogens is 1. The zero-order valence-electron chi connectivity index (χ0n) is 20.2. The lowest BCUT2D eigenvalue weighted by Gasteiger charge is -2.29. The number of pyridine rings is 1. The molecule has 0 aliphatic carbocycles. The van der Waals surface area contributed by atoms with Crippen LogP contribution in [0.1, 0.15) is 78.1 Å². The lowest BCUT2D eigenvalue weighted by Crippen LogP contribution is -2.52. The van der Waals surface area contributed by atoms with Crippen LogP contribution in [-0.4, -0.2) is 46.3 Å². The van der Waals surface area contributed by atoms with Gasteiger partial charge >= 0.3 is 6.09 Å². The summed E-state index contributed by atoms with van der Waals surface area (Å²) < 4.78 is 11.2. The molecule has 5 rings (SSSR count). The lowest BCUT2D eigenvalue weighted by atomic mass is 10.0. The van der Waals surface area contributed by atoms with Gasteiger partial charge in [0.2, 0.25) is 11.8 Å². The van der Waals surface area contributed by atoms with Crippen molar-refractivity contribution >= 4 is 23.8 Å². The van der Waals surface area contributed by atoms with Gasteiger partial charge in [-0.2, -0.15) is 0 Å². The summed E-state index contributed by atoms with van der Waals surface area (Å²) in [5, 5.41) is 5.11. The van der Waals surface area contributed by atoms with E-state index in [4.69, 9.17) is 9.47 Å². The molecule has 0 spiro atoms. The molecule has 0 saturated carbocycles. The van der Waals surface area contributed by atoms with E-state index in [0.717, 1.165) is 35.5 Å². The number of carbonyl (C=O) groups excluding carboxylic acids is 4. The molecule has 4 heterocycles. The Labute approximate surface area is 208 Å². The Hall–Kier alpha value is -3.95. The zero-order valence-corrected chi connectivity index (χ0v) is 20.2. The van der Waals surface area contributed by atoms with Gasteiger partial charge in [0, 0.05) is 18.5 Å². The predicted molar refractivity (Wildman–Crippen MR) is 127 cm³/mol. The SMILES string of the molecule is CC(NC(=O)OC(C)c1ccc2c(c1)C(=O)N(C1CCC(=O)NC1=O)C2)c1ccc2c(n1)CCCO2. The van der Waals surface area contributed by atoms with Crippen molar-refractivity contribution in [2.45, 2.75) is 64.3 Å². The third-order valence-electron chi connectivity index (χ3n) is 6.85. The van der Waals surface area contributed by atoms with Crippen molar-refractivity contribution in [2.75, 3.05) is 6.61 Å². The van der Waals surface area contributed by atoms with Gasteiger partial charge in [-0.1, -0.05) is 12.1 Å². The summed E-state index contributed by atoms with van der Waals surface area (Å²) in [6.07, 6.45) is 1.07. The van der Waals surface area contributed by atoms with Crippen molar-refractivity contribution in [1.82, 2.24) is 20.5 Å². The van der Waals surface area contributed by atoms with Gasteiger partial charge < -0.3 is 19.7 Å². The van der Waals surface area contributed by atoms with Gasteiger partial charge in [-0.05, 0) is 62.4 Å². The van der Waals surface area contributed by atoms with Crippen LogP contribution < -0.4 is 15.4 Å². The molecule has 3 atom stereocenters. The van der Waals surface area contributed by atoms with Gasteiger partial charge in [0.25, 0.3) is 5.91 Å². The van der Waals surface area contributed by atoms with E-state index in [-0.39, 0.29) is 24.3 Å². The Balaban J connectivity index is 1.21. The largest absolute Gasteiger partial charge is 0.492 e. The Morgan fingerprint density at radius 2 is 2.03 bits per heavy atom. The third kappa shape index (κ3) is 4.62. The number of aryl methyl sites for hydroxylation is 1. The van der Waals surface area contributed by atoms with E-state index in [1.807, 2.05) is 31.2 Å². The van der Waals surface area contributed by atoms with Crippen molar-refractivity contribution in [3.05, 3.63) is 58.4 Å². The Morgan fingerprint density at radius 3 is 2.83 bits per heavy atom. The number of piperidine rings is 1. The van der Waals surface area contributed by atoms with Crippen LogP contribution in [0.2, 0.25) is 0 Å². The fourth-order valence-corrected chi connectivity index (χ4v) is 4.82. The lowest BCUT2D eigenvalue weighted by molar-refractivity contribution is -0.136. The zero-order chi connectivity index (χ0) is 25.4. The van der Waals surface area contributed by atoms with Crippen molar-refractivity contribution in [3.63, 3.8) is 0 Å². The molecule has 2 N–H and O–H groups in total. The third-order valence-corrected chi connectivity index (χ3v) is 6.85. The minimum Gasteiger partial charge on any atom is -0.492 e. The quantitative estimate of drug-likeness (QED) is 0.615. The number of alkyl carbamates (subject to hydrolysis) is 1. The summed E-state index contributed by atoms with van der Waals surface area (Å²) in [5.74, 6) is -0.251. The Bertz CT molecular complexity index is 1240. The number of amides is 4. The van der Waals surface area contributed by atoms with Gasteiger partial charge in [0.15, 0.2) is 0 Å². The van der Waals surface area contributed by atoms with E-state index in [0.29, 0.717) is 30.7 Å². The second kappa shape index (κ2) is 9.60. The van der Waals surface area contributed by atoms with Gasteiger partial charge in [-0.15, -0.1) is 0 Å². The van der Waals surface area contributed by atoms with Crippen LogP contribution in [0.15, 0.2) is 30.3 Å². The highest BCUT2D eigenvalue weighted by Gasteiger charge is 2.39. The molecular formula is C26H28N4O6. The van der Waals surface area contributed by atoms with E-state index in [1.54, 1.807) is 13.0 Å². The molecule has 1 aromatic carbocycles. The first-order valence-electron chi connectivity index (χ1n) is 12.2. The van der Waals surface area contributed by atoms with Crippen LogP contribution in [0.4, 0.5) is 4.79 Å². The predicted octanol–water partition coefficient (Wildman–Crippen LogP) is 2.72. The van der Waals surface area contributed by atoms with Gasteiger partial charge in [-0.25, -0.2) is 4.79 Å². The van der Waals surface area contributed by atoms with Crippen molar-refractivity contribution < 1.29 is 28.7 Å². The number of benzene rings is 1. The molecule has 1 fully saturated rings. The summed E-state index contributed by atoms with van der Waals surface area (Å²) in [5.41, 5.74) is 3.55. The molecule has 10 heteroatoms. The van der Waals surface area contributed by atoms with Crippen LogP contribution in [0, 0.1) is 0 Å². The number of nitrogens with zero attached hydrogens (tertiary/aromatic N) is 2. The molecule has 1 aromatic heterocycles. The number of nitrogens with one attached hydrogen (secondary N) is 2. The monoisotopic (exact) mass is 492 g/mol. The maximum absolute atomic E-state index is 13.0. The highest BCUT2D eigenvalue weighted by atomic mass is 16.6. The van der Waals surface area contributed by atoms with Gasteiger partial charge in [0.05, 0.1) is 24.0 Å². The van der Waals surface area contributed by atoms with E-state index in [9.17, 15) is 19.2 Å². The van der Waals surface area contributed by atoms with Crippen LogP contribution >= 0.6 is 0 Å². The second-order valence-corrected chi connectivity index (χ2v) is 9.36. The minimum atomic E-state index is -0.671. The molecule has 4 amide bonds. The molecule has 0 bridgehead atoms. The number of carbonyl (C=O) groups is 4. The number of rotatable bonds is 5. The molecule has 36 heavy (non-hydrogen) atoms. The number of ether oxygens (including phenoxy) is 2. The normalized spacial score (nSPS) is 20.6. The summed E-state index contributed by atoms with van der Waals surface area (Å²) in [6.45, 7) is 4.56. The minimum absolute atomic E-state index is 0.203. The van der Waals surface area contributed by atoms with Crippen LogP contribution in [0.25, 0.3) is 0 Å². The molecule has 3 unspecified atom stereocenters. The topological polar surface area (TPSA) is 127 Å². The molecular weight excluding hydrogens is 464 g/mol. The first-order valence-corrected chi connectivity index (χ1v) is 12.2. The molecule has 1 saturated heterocycles. The summed E-state index contributed by atoms with van der Waals surface area (Å²) in [4.78, 5) is 55.5. The van der Waals surface area contributed by atoms with Gasteiger partial charge in [0.1, 0.15) is 17.9 Å². The van der Waals surface area contributed by atoms with Crippen LogP contribution in [-0.2, 0) is 27.3 Å². The fraction of sp³-hybridized carbons (Fsp3) is 0.423. The molecule has 3 aliphatic rings. The van der Waals surface area contributed by atoms with E-state index in [2.05, 4.69) is 15.6 Å². The average molecular weight is 493 g/mol. The number of hydrogen-bond acceptors (Lipinski definition) is 7.